The number of fused-ring (bicyclic) bond motifs is 1. The maximum absolute atomic E-state index is 13.0. The Balaban J connectivity index is 1.34. The second kappa shape index (κ2) is 7.27. The summed E-state index contributed by atoms with van der Waals surface area (Å²) in [5.74, 6) is 1.18. The summed E-state index contributed by atoms with van der Waals surface area (Å²) in [4.78, 5) is 29.3. The third-order valence-electron chi connectivity index (χ3n) is 6.31. The summed E-state index contributed by atoms with van der Waals surface area (Å²) in [7, 11) is 0. The number of rotatable bonds is 2. The van der Waals surface area contributed by atoms with Gasteiger partial charge in [-0.3, -0.25) is 4.79 Å². The molecule has 1 aromatic carbocycles. The largest absolute Gasteiger partial charge is 0.342 e. The molecule has 3 fully saturated rings. The van der Waals surface area contributed by atoms with E-state index in [1.807, 2.05) is 35.2 Å². The van der Waals surface area contributed by atoms with E-state index in [-0.39, 0.29) is 23.9 Å². The number of likely N-dealkylation sites (tertiary alicyclic amines) is 2. The average Bonchev–Trinajstić information content (AvgIpc) is 3.24. The van der Waals surface area contributed by atoms with E-state index in [0.29, 0.717) is 24.9 Å². The van der Waals surface area contributed by atoms with Crippen molar-refractivity contribution in [2.45, 2.75) is 31.7 Å². The number of carbonyl (C=O) groups excluding carboxylic acids is 2. The predicted octanol–water partition coefficient (Wildman–Crippen LogP) is 2.13. The van der Waals surface area contributed by atoms with E-state index in [2.05, 4.69) is 5.32 Å². The Hall–Kier alpha value is -2.08. The van der Waals surface area contributed by atoms with Crippen LogP contribution in [0.25, 0.3) is 0 Å². The fourth-order valence-electron chi connectivity index (χ4n) is 4.83. The number of nitrogens with two attached hydrogens (primary N) is 1. The molecule has 1 aliphatic carbocycles. The molecular formula is C20H28N4O2. The first-order valence-electron chi connectivity index (χ1n) is 9.77. The zero-order chi connectivity index (χ0) is 18.1. The number of amides is 3. The lowest BCUT2D eigenvalue weighted by Gasteiger charge is -2.34. The Bertz CT molecular complexity index is 665. The number of nitrogens with one attached hydrogen (secondary N) is 1. The first-order valence-corrected chi connectivity index (χ1v) is 9.77. The van der Waals surface area contributed by atoms with Gasteiger partial charge >= 0.3 is 6.03 Å². The third-order valence-corrected chi connectivity index (χ3v) is 6.31. The Morgan fingerprint density at radius 3 is 2.58 bits per heavy atom. The minimum Gasteiger partial charge on any atom is -0.342 e. The molecule has 3 N–H and O–H groups in total. The monoisotopic (exact) mass is 356 g/mol. The number of hydrogen-bond acceptors (Lipinski definition) is 3. The molecule has 6 nitrogen and oxygen atoms in total. The predicted molar refractivity (Wildman–Crippen MR) is 101 cm³/mol. The molecule has 1 saturated carbocycles. The van der Waals surface area contributed by atoms with Gasteiger partial charge < -0.3 is 20.9 Å². The van der Waals surface area contributed by atoms with Gasteiger partial charge in [-0.2, -0.15) is 0 Å². The van der Waals surface area contributed by atoms with E-state index in [4.69, 9.17) is 5.73 Å². The van der Waals surface area contributed by atoms with Gasteiger partial charge in [-0.25, -0.2) is 4.79 Å². The normalized spacial score (nSPS) is 31.0. The van der Waals surface area contributed by atoms with Crippen molar-refractivity contribution in [1.29, 1.82) is 0 Å². The molecule has 1 aromatic rings. The topological polar surface area (TPSA) is 78.7 Å². The molecule has 0 radical (unpaired) electrons. The van der Waals surface area contributed by atoms with E-state index < -0.39 is 0 Å². The van der Waals surface area contributed by atoms with Crippen molar-refractivity contribution in [3.63, 3.8) is 0 Å². The van der Waals surface area contributed by atoms with Gasteiger partial charge in [0.1, 0.15) is 0 Å². The quantitative estimate of drug-likeness (QED) is 0.852. The van der Waals surface area contributed by atoms with Crippen molar-refractivity contribution in [2.75, 3.05) is 31.5 Å². The molecule has 0 aromatic heterocycles. The van der Waals surface area contributed by atoms with Crippen LogP contribution in [-0.4, -0.2) is 54.0 Å². The summed E-state index contributed by atoms with van der Waals surface area (Å²) in [6.07, 6.45) is 3.98. The molecule has 6 heteroatoms. The fourth-order valence-corrected chi connectivity index (χ4v) is 4.83. The smallest absolute Gasteiger partial charge is 0.321 e. The molecule has 2 saturated heterocycles. The molecule has 2 aliphatic heterocycles. The van der Waals surface area contributed by atoms with Crippen LogP contribution in [0.15, 0.2) is 30.3 Å². The van der Waals surface area contributed by atoms with E-state index in [1.165, 1.54) is 0 Å². The maximum Gasteiger partial charge on any atom is 0.321 e. The van der Waals surface area contributed by atoms with Crippen LogP contribution < -0.4 is 11.1 Å². The molecule has 2 heterocycles. The first-order chi connectivity index (χ1) is 12.6. The van der Waals surface area contributed by atoms with E-state index >= 15 is 0 Å². The van der Waals surface area contributed by atoms with Crippen molar-refractivity contribution in [3.05, 3.63) is 30.3 Å². The van der Waals surface area contributed by atoms with Gasteiger partial charge in [0.05, 0.1) is 5.92 Å². The number of benzene rings is 1. The summed E-state index contributed by atoms with van der Waals surface area (Å²) in [5, 5.41) is 2.92. The second-order valence-electron chi connectivity index (χ2n) is 7.99. The Kier molecular flexibility index (Phi) is 4.85. The molecule has 140 valence electrons. The minimum absolute atomic E-state index is 0.0830. The van der Waals surface area contributed by atoms with Gasteiger partial charge in [0.15, 0.2) is 0 Å². The lowest BCUT2D eigenvalue weighted by Crippen LogP contribution is -2.48. The lowest BCUT2D eigenvalue weighted by atomic mass is 9.96. The molecule has 4 unspecified atom stereocenters. The molecule has 0 spiro atoms. The zero-order valence-electron chi connectivity index (χ0n) is 15.1. The third kappa shape index (κ3) is 3.43. The SMILES string of the molecule is NC1CCC2CN(C(=O)C3CCCN(C(=O)Nc4ccccc4)C3)CC12. The highest BCUT2D eigenvalue weighted by Crippen LogP contribution is 2.38. The molecule has 4 rings (SSSR count). The van der Waals surface area contributed by atoms with Gasteiger partial charge in [0.25, 0.3) is 0 Å². The summed E-state index contributed by atoms with van der Waals surface area (Å²) < 4.78 is 0. The number of urea groups is 1. The van der Waals surface area contributed by atoms with Crippen molar-refractivity contribution < 1.29 is 9.59 Å². The van der Waals surface area contributed by atoms with Crippen molar-refractivity contribution in [2.24, 2.45) is 23.5 Å². The highest BCUT2D eigenvalue weighted by atomic mass is 16.2. The molecule has 3 amide bonds. The van der Waals surface area contributed by atoms with E-state index in [0.717, 1.165) is 44.5 Å². The number of para-hydroxylation sites is 1. The number of nitrogens with zero attached hydrogens (tertiary/aromatic N) is 2. The molecule has 4 atom stereocenters. The summed E-state index contributed by atoms with van der Waals surface area (Å²) in [6.45, 7) is 2.87. The Labute approximate surface area is 154 Å². The number of hydrogen-bond donors (Lipinski definition) is 2. The van der Waals surface area contributed by atoms with Crippen LogP contribution >= 0.6 is 0 Å². The zero-order valence-corrected chi connectivity index (χ0v) is 15.1. The van der Waals surface area contributed by atoms with Crippen LogP contribution in [-0.2, 0) is 4.79 Å². The van der Waals surface area contributed by atoms with E-state index in [1.54, 1.807) is 4.90 Å². The first kappa shape index (κ1) is 17.3. The van der Waals surface area contributed by atoms with Crippen LogP contribution in [0.1, 0.15) is 25.7 Å². The summed E-state index contributed by atoms with van der Waals surface area (Å²) in [5.41, 5.74) is 6.98. The second-order valence-corrected chi connectivity index (χ2v) is 7.99. The summed E-state index contributed by atoms with van der Waals surface area (Å²) >= 11 is 0. The van der Waals surface area contributed by atoms with Gasteiger partial charge in [-0.1, -0.05) is 18.2 Å². The maximum atomic E-state index is 13.0. The number of anilines is 1. The van der Waals surface area contributed by atoms with E-state index in [9.17, 15) is 9.59 Å². The standard InChI is InChI=1S/C20H28N4O2/c21-18-9-8-14-11-24(13-17(14)18)19(25)15-5-4-10-23(12-15)20(26)22-16-6-2-1-3-7-16/h1-3,6-7,14-15,17-18H,4-5,8-13,21H2,(H,22,26). The molecular weight excluding hydrogens is 328 g/mol. The van der Waals surface area contributed by atoms with Crippen LogP contribution in [0.5, 0.6) is 0 Å². The van der Waals surface area contributed by atoms with Crippen LogP contribution in [0.2, 0.25) is 0 Å². The van der Waals surface area contributed by atoms with Crippen LogP contribution in [0.3, 0.4) is 0 Å². The minimum atomic E-state index is -0.117. The Morgan fingerprint density at radius 1 is 1.00 bits per heavy atom. The Morgan fingerprint density at radius 2 is 1.81 bits per heavy atom. The van der Waals surface area contributed by atoms with Crippen LogP contribution in [0.4, 0.5) is 10.5 Å². The number of piperidine rings is 1. The van der Waals surface area contributed by atoms with Gasteiger partial charge in [-0.15, -0.1) is 0 Å². The summed E-state index contributed by atoms with van der Waals surface area (Å²) in [6, 6.07) is 9.59. The van der Waals surface area contributed by atoms with Crippen molar-refractivity contribution in [3.8, 4) is 0 Å². The average molecular weight is 356 g/mol. The van der Waals surface area contributed by atoms with Crippen molar-refractivity contribution in [1.82, 2.24) is 9.80 Å². The highest BCUT2D eigenvalue weighted by molar-refractivity contribution is 5.90. The number of carbonyl (C=O) groups is 2. The van der Waals surface area contributed by atoms with Crippen molar-refractivity contribution >= 4 is 17.6 Å². The molecule has 0 bridgehead atoms. The van der Waals surface area contributed by atoms with Gasteiger partial charge in [0, 0.05) is 37.9 Å². The van der Waals surface area contributed by atoms with Gasteiger partial charge in [0.2, 0.25) is 5.91 Å². The fraction of sp³-hybridized carbons (Fsp3) is 0.600. The highest BCUT2D eigenvalue weighted by Gasteiger charge is 2.44. The van der Waals surface area contributed by atoms with Crippen LogP contribution in [0, 0.1) is 17.8 Å². The lowest BCUT2D eigenvalue weighted by molar-refractivity contribution is -0.136. The molecule has 26 heavy (non-hydrogen) atoms. The molecule has 3 aliphatic rings. The van der Waals surface area contributed by atoms with Gasteiger partial charge in [-0.05, 0) is 49.7 Å².